The van der Waals surface area contributed by atoms with Crippen LogP contribution in [0.15, 0.2) is 36.4 Å². The number of anilines is 2. The van der Waals surface area contributed by atoms with Crippen LogP contribution in [-0.2, 0) is 9.59 Å². The highest BCUT2D eigenvalue weighted by molar-refractivity contribution is 6.04. The summed E-state index contributed by atoms with van der Waals surface area (Å²) in [4.78, 5) is 38.9. The fourth-order valence-corrected chi connectivity index (χ4v) is 3.60. The Labute approximate surface area is 186 Å². The minimum Gasteiger partial charge on any atom is -0.454 e. The fourth-order valence-electron chi connectivity index (χ4n) is 3.60. The van der Waals surface area contributed by atoms with Crippen LogP contribution in [0.25, 0.3) is 0 Å². The highest BCUT2D eigenvalue weighted by Crippen LogP contribution is 2.37. The molecule has 1 unspecified atom stereocenters. The highest BCUT2D eigenvalue weighted by Gasteiger charge is 2.36. The first-order valence-electron chi connectivity index (χ1n) is 10.1. The number of aryl methyl sites for hydroxylation is 1. The van der Waals surface area contributed by atoms with Crippen LogP contribution in [0.1, 0.15) is 22.3 Å². The zero-order valence-corrected chi connectivity index (χ0v) is 17.5. The molecular weight excluding hydrogens is 443 g/mol. The van der Waals surface area contributed by atoms with Crippen molar-refractivity contribution >= 4 is 29.1 Å². The number of alkyl halides is 3. The monoisotopic (exact) mass is 463 g/mol. The minimum absolute atomic E-state index is 0.00885. The summed E-state index contributed by atoms with van der Waals surface area (Å²) < 4.78 is 47.7. The normalized spacial score (nSPS) is 17.3. The second-order valence-electron chi connectivity index (χ2n) is 7.76. The molecule has 33 heavy (non-hydrogen) atoms. The predicted octanol–water partition coefficient (Wildman–Crippen LogP) is 3.01. The van der Waals surface area contributed by atoms with Crippen molar-refractivity contribution in [1.82, 2.24) is 5.32 Å². The van der Waals surface area contributed by atoms with Gasteiger partial charge in [-0.3, -0.25) is 14.4 Å². The maximum Gasteiger partial charge on any atom is 0.405 e. The Morgan fingerprint density at radius 3 is 2.64 bits per heavy atom. The molecule has 0 radical (unpaired) electrons. The molecule has 2 N–H and O–H groups in total. The largest absolute Gasteiger partial charge is 0.454 e. The lowest BCUT2D eigenvalue weighted by Crippen LogP contribution is -2.33. The molecule has 2 aromatic rings. The lowest BCUT2D eigenvalue weighted by Gasteiger charge is -2.17. The molecule has 0 spiro atoms. The molecular formula is C22H20F3N3O5. The Morgan fingerprint density at radius 1 is 1.12 bits per heavy atom. The number of nitrogens with zero attached hydrogens (tertiary/aromatic N) is 1. The first-order valence-corrected chi connectivity index (χ1v) is 10.1. The van der Waals surface area contributed by atoms with E-state index in [1.165, 1.54) is 23.1 Å². The second-order valence-corrected chi connectivity index (χ2v) is 7.76. The number of nitrogens with one attached hydrogen (secondary N) is 2. The average molecular weight is 463 g/mol. The lowest BCUT2D eigenvalue weighted by molar-refractivity contribution is -0.123. The van der Waals surface area contributed by atoms with E-state index in [1.807, 2.05) is 0 Å². The van der Waals surface area contributed by atoms with Crippen LogP contribution in [0.5, 0.6) is 11.5 Å². The molecule has 2 aliphatic rings. The van der Waals surface area contributed by atoms with Crippen molar-refractivity contribution < 1.29 is 37.0 Å². The molecule has 2 heterocycles. The third-order valence-corrected chi connectivity index (χ3v) is 5.37. The van der Waals surface area contributed by atoms with Crippen LogP contribution in [0.3, 0.4) is 0 Å². The van der Waals surface area contributed by atoms with Gasteiger partial charge in [0.2, 0.25) is 18.6 Å². The molecule has 1 atom stereocenters. The maximum atomic E-state index is 12.8. The predicted molar refractivity (Wildman–Crippen MR) is 111 cm³/mol. The SMILES string of the molecule is Cc1ccc(C(=O)NCC(F)(F)F)cc1NC(=O)C1CC(=O)N(c2ccc3c(c2)OCO3)C1. The molecule has 3 amide bonds. The van der Waals surface area contributed by atoms with E-state index in [0.717, 1.165) is 0 Å². The van der Waals surface area contributed by atoms with E-state index >= 15 is 0 Å². The van der Waals surface area contributed by atoms with Gasteiger partial charge in [0.1, 0.15) is 6.54 Å². The van der Waals surface area contributed by atoms with E-state index in [2.05, 4.69) is 5.32 Å². The Hall–Kier alpha value is -3.76. The summed E-state index contributed by atoms with van der Waals surface area (Å²) in [5.41, 5.74) is 1.46. The van der Waals surface area contributed by atoms with E-state index in [-0.39, 0.29) is 36.9 Å². The summed E-state index contributed by atoms with van der Waals surface area (Å²) in [7, 11) is 0. The van der Waals surface area contributed by atoms with E-state index in [1.54, 1.807) is 30.4 Å². The highest BCUT2D eigenvalue weighted by atomic mass is 19.4. The van der Waals surface area contributed by atoms with Gasteiger partial charge < -0.3 is 25.0 Å². The topological polar surface area (TPSA) is 97.0 Å². The van der Waals surface area contributed by atoms with Gasteiger partial charge in [-0.2, -0.15) is 13.2 Å². The van der Waals surface area contributed by atoms with Crippen molar-refractivity contribution in [1.29, 1.82) is 0 Å². The van der Waals surface area contributed by atoms with Crippen molar-refractivity contribution in [2.75, 3.05) is 30.1 Å². The van der Waals surface area contributed by atoms with Crippen molar-refractivity contribution in [3.8, 4) is 11.5 Å². The zero-order chi connectivity index (χ0) is 23.8. The number of hydrogen-bond acceptors (Lipinski definition) is 5. The summed E-state index contributed by atoms with van der Waals surface area (Å²) in [5, 5.41) is 4.48. The van der Waals surface area contributed by atoms with Crippen LogP contribution in [0, 0.1) is 12.8 Å². The molecule has 1 fully saturated rings. The van der Waals surface area contributed by atoms with Crippen LogP contribution in [-0.4, -0.2) is 43.8 Å². The number of rotatable bonds is 5. The van der Waals surface area contributed by atoms with E-state index in [0.29, 0.717) is 22.7 Å². The molecule has 11 heteroatoms. The molecule has 8 nitrogen and oxygen atoms in total. The number of fused-ring (bicyclic) bond motifs is 1. The summed E-state index contributed by atoms with van der Waals surface area (Å²) >= 11 is 0. The molecule has 4 rings (SSSR count). The lowest BCUT2D eigenvalue weighted by atomic mass is 10.1. The molecule has 0 bridgehead atoms. The summed E-state index contributed by atoms with van der Waals surface area (Å²) in [6.45, 7) is 0.479. The van der Waals surface area contributed by atoms with Crippen molar-refractivity contribution in [2.24, 2.45) is 5.92 Å². The molecule has 2 aromatic carbocycles. The first kappa shape index (κ1) is 22.4. The molecule has 1 saturated heterocycles. The van der Waals surface area contributed by atoms with Crippen molar-refractivity contribution in [3.63, 3.8) is 0 Å². The van der Waals surface area contributed by atoms with E-state index in [4.69, 9.17) is 9.47 Å². The molecule has 0 aromatic heterocycles. The maximum absolute atomic E-state index is 12.8. The Balaban J connectivity index is 1.43. The summed E-state index contributed by atoms with van der Waals surface area (Å²) in [6.07, 6.45) is -4.54. The van der Waals surface area contributed by atoms with Gasteiger partial charge in [0.05, 0.1) is 5.92 Å². The molecule has 174 valence electrons. The average Bonchev–Trinajstić information content (AvgIpc) is 3.38. The zero-order valence-electron chi connectivity index (χ0n) is 17.5. The van der Waals surface area contributed by atoms with Gasteiger partial charge in [-0.15, -0.1) is 0 Å². The van der Waals surface area contributed by atoms with Crippen LogP contribution in [0.4, 0.5) is 24.5 Å². The van der Waals surface area contributed by atoms with Gasteiger partial charge >= 0.3 is 6.18 Å². The first-order chi connectivity index (χ1) is 15.6. The molecule has 0 aliphatic carbocycles. The van der Waals surface area contributed by atoms with Gasteiger partial charge in [0.25, 0.3) is 5.91 Å². The third-order valence-electron chi connectivity index (χ3n) is 5.37. The van der Waals surface area contributed by atoms with Crippen LogP contribution < -0.4 is 25.0 Å². The van der Waals surface area contributed by atoms with Crippen LogP contribution >= 0.6 is 0 Å². The van der Waals surface area contributed by atoms with Crippen molar-refractivity contribution in [2.45, 2.75) is 19.5 Å². The Kier molecular flexibility index (Phi) is 5.88. The number of benzene rings is 2. The fraction of sp³-hybridized carbons (Fsp3) is 0.318. The Bertz CT molecular complexity index is 1120. The number of amides is 3. The third kappa shape index (κ3) is 5.02. The van der Waals surface area contributed by atoms with Crippen LogP contribution in [0.2, 0.25) is 0 Å². The minimum atomic E-state index is -4.53. The molecule has 2 aliphatic heterocycles. The van der Waals surface area contributed by atoms with Gasteiger partial charge in [0.15, 0.2) is 11.5 Å². The number of halogens is 3. The number of ether oxygens (including phenoxy) is 2. The summed E-state index contributed by atoms with van der Waals surface area (Å²) in [6, 6.07) is 9.28. The standard InChI is InChI=1S/C22H20F3N3O5/c1-12-2-3-13(20(30)26-10-22(23,24)25)6-16(12)27-21(31)14-7-19(29)28(9-14)15-4-5-17-18(8-15)33-11-32-17/h2-6,8,14H,7,9-11H2,1H3,(H,26,30)(H,27,31). The molecule has 0 saturated carbocycles. The Morgan fingerprint density at radius 2 is 1.88 bits per heavy atom. The van der Waals surface area contributed by atoms with Gasteiger partial charge in [-0.1, -0.05) is 6.07 Å². The number of carbonyl (C=O) groups excluding carboxylic acids is 3. The van der Waals surface area contributed by atoms with Gasteiger partial charge in [-0.05, 0) is 36.8 Å². The van der Waals surface area contributed by atoms with E-state index in [9.17, 15) is 27.6 Å². The van der Waals surface area contributed by atoms with Crippen molar-refractivity contribution in [3.05, 3.63) is 47.5 Å². The summed E-state index contributed by atoms with van der Waals surface area (Å²) in [5.74, 6) is -1.12. The quantitative estimate of drug-likeness (QED) is 0.711. The van der Waals surface area contributed by atoms with Gasteiger partial charge in [0, 0.05) is 36.0 Å². The number of carbonyl (C=O) groups is 3. The van der Waals surface area contributed by atoms with Gasteiger partial charge in [-0.25, -0.2) is 0 Å². The number of hydrogen-bond donors (Lipinski definition) is 2. The smallest absolute Gasteiger partial charge is 0.405 e. The second kappa shape index (κ2) is 8.64. The van der Waals surface area contributed by atoms with E-state index < -0.39 is 30.5 Å².